The number of rotatable bonds is 2. The van der Waals surface area contributed by atoms with Crippen molar-refractivity contribution in [3.63, 3.8) is 0 Å². The highest BCUT2D eigenvalue weighted by Crippen LogP contribution is 2.44. The number of ketones is 1. The first-order chi connectivity index (χ1) is 8.09. The average molecular weight is 246 g/mol. The Hall–Kier alpha value is -0.933. The van der Waals surface area contributed by atoms with E-state index >= 15 is 0 Å². The first-order valence-corrected chi connectivity index (χ1v) is 9.40. The number of hydrogen-bond acceptors (Lipinski definition) is 2. The molecule has 1 saturated heterocycles. The summed E-state index contributed by atoms with van der Waals surface area (Å²) in [6.07, 6.45) is 2.03. The maximum atomic E-state index is 11.8. The lowest BCUT2D eigenvalue weighted by Crippen LogP contribution is -2.48. The van der Waals surface area contributed by atoms with Gasteiger partial charge in [-0.05, 0) is 12.0 Å². The minimum Gasteiger partial charge on any atom is -0.361 e. The topological polar surface area (TPSA) is 29.6 Å². The molecule has 90 valence electrons. The van der Waals surface area contributed by atoms with Gasteiger partial charge in [-0.15, -0.1) is 0 Å². The normalized spacial score (nSPS) is 32.1. The molecule has 0 unspecified atom stereocenters. The molecule has 0 aromatic heterocycles. The summed E-state index contributed by atoms with van der Waals surface area (Å²) in [5.74, 6) is 0.336. The molecule has 17 heavy (non-hydrogen) atoms. The van der Waals surface area contributed by atoms with Gasteiger partial charge in [0.2, 0.25) is 0 Å². The van der Waals surface area contributed by atoms with E-state index in [9.17, 15) is 4.79 Å². The van der Waals surface area contributed by atoms with E-state index in [0.717, 1.165) is 12.8 Å². The number of hydrogen-bond donors (Lipinski definition) is 0. The average Bonchev–Trinajstić information content (AvgIpc) is 3.10. The Morgan fingerprint density at radius 2 is 1.94 bits per heavy atom. The molecule has 0 amide bonds. The fraction of sp³-hybridized carbons (Fsp3) is 0.500. The third kappa shape index (κ3) is 1.87. The van der Waals surface area contributed by atoms with Crippen LogP contribution in [-0.2, 0) is 9.53 Å². The van der Waals surface area contributed by atoms with Gasteiger partial charge in [0, 0.05) is 6.42 Å². The quantitative estimate of drug-likeness (QED) is 0.591. The van der Waals surface area contributed by atoms with Crippen molar-refractivity contribution in [3.05, 3.63) is 30.3 Å². The molecule has 0 spiro atoms. The van der Waals surface area contributed by atoms with Crippen molar-refractivity contribution in [2.24, 2.45) is 0 Å². The number of benzene rings is 1. The second-order valence-electron chi connectivity index (χ2n) is 5.79. The maximum Gasteiger partial charge on any atom is 0.164 e. The van der Waals surface area contributed by atoms with Gasteiger partial charge in [0.1, 0.15) is 6.10 Å². The van der Waals surface area contributed by atoms with Crippen LogP contribution in [-0.4, -0.2) is 26.1 Å². The van der Waals surface area contributed by atoms with E-state index in [1.165, 1.54) is 5.19 Å². The van der Waals surface area contributed by atoms with Gasteiger partial charge in [-0.2, -0.15) is 0 Å². The molecular weight excluding hydrogens is 228 g/mol. The van der Waals surface area contributed by atoms with E-state index < -0.39 is 8.07 Å². The Labute approximate surface area is 103 Å². The van der Waals surface area contributed by atoms with Crippen LogP contribution < -0.4 is 5.19 Å². The molecular formula is C14H18O2Si. The fourth-order valence-electron chi connectivity index (χ4n) is 2.98. The predicted octanol–water partition coefficient (Wildman–Crippen LogP) is 2.10. The summed E-state index contributed by atoms with van der Waals surface area (Å²) in [5.41, 5.74) is 0.543. The van der Waals surface area contributed by atoms with Crippen molar-refractivity contribution in [2.45, 2.75) is 43.7 Å². The molecule has 3 heteroatoms. The van der Waals surface area contributed by atoms with Crippen LogP contribution in [0, 0.1) is 0 Å². The van der Waals surface area contributed by atoms with Gasteiger partial charge in [-0.3, -0.25) is 4.79 Å². The van der Waals surface area contributed by atoms with Crippen LogP contribution in [0.5, 0.6) is 0 Å². The molecule has 2 nitrogen and oxygen atoms in total. The van der Waals surface area contributed by atoms with Crippen LogP contribution in [0.25, 0.3) is 0 Å². The highest BCUT2D eigenvalue weighted by Gasteiger charge is 2.53. The Kier molecular flexibility index (Phi) is 2.49. The Morgan fingerprint density at radius 3 is 2.59 bits per heavy atom. The number of ether oxygens (including phenoxy) is 1. The van der Waals surface area contributed by atoms with E-state index in [0.29, 0.717) is 11.3 Å². The lowest BCUT2D eigenvalue weighted by molar-refractivity contribution is -0.120. The van der Waals surface area contributed by atoms with Crippen molar-refractivity contribution < 1.29 is 9.53 Å². The van der Waals surface area contributed by atoms with Gasteiger partial charge < -0.3 is 4.74 Å². The molecule has 1 saturated carbocycles. The molecule has 2 fully saturated rings. The van der Waals surface area contributed by atoms with E-state index in [2.05, 4.69) is 43.4 Å². The molecule has 0 bridgehead atoms. The van der Waals surface area contributed by atoms with Crippen molar-refractivity contribution in [1.29, 1.82) is 0 Å². The molecule has 2 aliphatic rings. The summed E-state index contributed by atoms with van der Waals surface area (Å²) in [7, 11) is -1.54. The summed E-state index contributed by atoms with van der Waals surface area (Å²) >= 11 is 0. The van der Waals surface area contributed by atoms with Crippen LogP contribution in [0.4, 0.5) is 0 Å². The molecule has 1 heterocycles. The highest BCUT2D eigenvalue weighted by molar-refractivity contribution is 6.91. The molecule has 1 aromatic carbocycles. The van der Waals surface area contributed by atoms with Crippen molar-refractivity contribution in [2.75, 3.05) is 0 Å². The van der Waals surface area contributed by atoms with E-state index in [1.807, 2.05) is 0 Å². The molecule has 0 radical (unpaired) electrons. The molecule has 1 aliphatic heterocycles. The number of Topliss-reactive ketones (excluding diaryl/α,β-unsaturated/α-hetero) is 1. The third-order valence-electron chi connectivity index (χ3n) is 4.40. The van der Waals surface area contributed by atoms with Crippen molar-refractivity contribution in [1.82, 2.24) is 0 Å². The number of fused-ring (bicyclic) bond motifs is 1. The van der Waals surface area contributed by atoms with E-state index in [4.69, 9.17) is 4.74 Å². The fourth-order valence-corrected chi connectivity index (χ4v) is 6.04. The molecule has 1 aromatic rings. The molecule has 3 rings (SSSR count). The Balaban J connectivity index is 1.85. The highest BCUT2D eigenvalue weighted by atomic mass is 28.3. The SMILES string of the molecule is C[Si](C)(c1ccccc1)[C@@H]1CC(=O)[C@@H]2O[C@@H]2C1. The predicted molar refractivity (Wildman–Crippen MR) is 70.2 cm³/mol. The zero-order chi connectivity index (χ0) is 12.0. The summed E-state index contributed by atoms with van der Waals surface area (Å²) in [6.45, 7) is 4.76. The molecule has 3 atom stereocenters. The van der Waals surface area contributed by atoms with Crippen LogP contribution in [0.3, 0.4) is 0 Å². The summed E-state index contributed by atoms with van der Waals surface area (Å²) in [5, 5.41) is 1.46. The van der Waals surface area contributed by atoms with Gasteiger partial charge in [-0.25, -0.2) is 0 Å². The zero-order valence-electron chi connectivity index (χ0n) is 10.3. The largest absolute Gasteiger partial charge is 0.361 e. The minimum absolute atomic E-state index is 0.0353. The van der Waals surface area contributed by atoms with Crippen LogP contribution in [0.1, 0.15) is 12.8 Å². The number of carbonyl (C=O) groups excluding carboxylic acids is 1. The molecule has 1 aliphatic carbocycles. The summed E-state index contributed by atoms with van der Waals surface area (Å²) in [6, 6.07) is 10.7. The Morgan fingerprint density at radius 1 is 1.24 bits per heavy atom. The van der Waals surface area contributed by atoms with Gasteiger partial charge in [0.05, 0.1) is 14.2 Å². The summed E-state index contributed by atoms with van der Waals surface area (Å²) < 4.78 is 5.42. The maximum absolute atomic E-state index is 11.8. The second-order valence-corrected chi connectivity index (χ2v) is 10.6. The first kappa shape index (κ1) is 11.2. The van der Waals surface area contributed by atoms with E-state index in [-0.39, 0.29) is 12.2 Å². The number of epoxide rings is 1. The van der Waals surface area contributed by atoms with Crippen LogP contribution in [0.15, 0.2) is 30.3 Å². The van der Waals surface area contributed by atoms with Crippen molar-refractivity contribution >= 4 is 19.0 Å². The second kappa shape index (κ2) is 3.78. The monoisotopic (exact) mass is 246 g/mol. The van der Waals surface area contributed by atoms with Gasteiger partial charge in [-0.1, -0.05) is 48.6 Å². The zero-order valence-corrected chi connectivity index (χ0v) is 11.3. The minimum atomic E-state index is -1.54. The molecule has 0 N–H and O–H groups in total. The van der Waals surface area contributed by atoms with Gasteiger partial charge in [0.15, 0.2) is 5.78 Å². The van der Waals surface area contributed by atoms with Gasteiger partial charge in [0.25, 0.3) is 0 Å². The third-order valence-corrected chi connectivity index (χ3v) is 8.71. The van der Waals surface area contributed by atoms with Crippen molar-refractivity contribution in [3.8, 4) is 0 Å². The van der Waals surface area contributed by atoms with Crippen LogP contribution in [0.2, 0.25) is 18.6 Å². The lowest BCUT2D eigenvalue weighted by Gasteiger charge is -2.33. The van der Waals surface area contributed by atoms with Gasteiger partial charge >= 0.3 is 0 Å². The Bertz CT molecular complexity index is 441. The number of carbonyl (C=O) groups is 1. The summed E-state index contributed by atoms with van der Waals surface area (Å²) in [4.78, 5) is 11.8. The standard InChI is InChI=1S/C14H18O2Si/c1-17(2,10-6-4-3-5-7-10)11-8-12(15)14-13(9-11)16-14/h3-7,11,13-14H,8-9H2,1-2H3/t11-,13-,14+/m1/s1. The van der Waals surface area contributed by atoms with E-state index in [1.54, 1.807) is 0 Å². The first-order valence-electron chi connectivity index (χ1n) is 6.33. The smallest absolute Gasteiger partial charge is 0.164 e. The van der Waals surface area contributed by atoms with Crippen LogP contribution >= 0.6 is 0 Å². The lowest BCUT2D eigenvalue weighted by atomic mass is 9.99.